The molecular formula is C17H20N2O2. The zero-order valence-electron chi connectivity index (χ0n) is 12.2. The van der Waals surface area contributed by atoms with E-state index >= 15 is 0 Å². The number of ether oxygens (including phenoxy) is 1. The van der Waals surface area contributed by atoms with Crippen LogP contribution in [0.25, 0.3) is 11.1 Å². The van der Waals surface area contributed by atoms with Crippen LogP contribution in [0, 0.1) is 0 Å². The van der Waals surface area contributed by atoms with E-state index in [1.54, 1.807) is 12.4 Å². The number of hydrogen-bond donors (Lipinski definition) is 1. The van der Waals surface area contributed by atoms with Gasteiger partial charge in [-0.1, -0.05) is 12.1 Å². The highest BCUT2D eigenvalue weighted by Gasteiger charge is 2.05. The lowest BCUT2D eigenvalue weighted by molar-refractivity contribution is 0.0944. The Morgan fingerprint density at radius 1 is 1.10 bits per heavy atom. The predicted octanol–water partition coefficient (Wildman–Crippen LogP) is 2.91. The van der Waals surface area contributed by atoms with E-state index in [1.165, 1.54) is 0 Å². The molecule has 0 aliphatic carbocycles. The van der Waals surface area contributed by atoms with Crippen molar-refractivity contribution in [2.45, 2.75) is 13.3 Å². The first kappa shape index (κ1) is 15.2. The van der Waals surface area contributed by atoms with E-state index in [0.29, 0.717) is 25.3 Å². The van der Waals surface area contributed by atoms with E-state index in [1.807, 2.05) is 43.3 Å². The van der Waals surface area contributed by atoms with Gasteiger partial charge >= 0.3 is 0 Å². The Morgan fingerprint density at radius 2 is 1.76 bits per heavy atom. The van der Waals surface area contributed by atoms with Crippen LogP contribution in [0.15, 0.2) is 48.8 Å². The highest BCUT2D eigenvalue weighted by atomic mass is 16.5. The van der Waals surface area contributed by atoms with Gasteiger partial charge in [0.05, 0.1) is 0 Å². The monoisotopic (exact) mass is 284 g/mol. The average molecular weight is 284 g/mol. The summed E-state index contributed by atoms with van der Waals surface area (Å²) in [6, 6.07) is 11.5. The van der Waals surface area contributed by atoms with Crippen molar-refractivity contribution in [3.05, 3.63) is 54.4 Å². The molecule has 0 bridgehead atoms. The molecule has 0 aliphatic heterocycles. The molecule has 1 N–H and O–H groups in total. The van der Waals surface area contributed by atoms with E-state index in [-0.39, 0.29) is 5.91 Å². The lowest BCUT2D eigenvalue weighted by Gasteiger charge is -2.06. The first-order valence-corrected chi connectivity index (χ1v) is 7.17. The van der Waals surface area contributed by atoms with Crippen molar-refractivity contribution in [3.63, 3.8) is 0 Å². The Balaban J connectivity index is 1.88. The summed E-state index contributed by atoms with van der Waals surface area (Å²) in [6.07, 6.45) is 4.34. The molecule has 21 heavy (non-hydrogen) atoms. The number of pyridine rings is 1. The lowest BCUT2D eigenvalue weighted by Crippen LogP contribution is -2.25. The normalized spacial score (nSPS) is 10.3. The molecule has 1 aromatic heterocycles. The SMILES string of the molecule is CCOCCCNC(=O)c1ccc(-c2ccncc2)cc1. The molecule has 2 aromatic rings. The molecule has 4 nitrogen and oxygen atoms in total. The summed E-state index contributed by atoms with van der Waals surface area (Å²) in [5.74, 6) is -0.0484. The number of carbonyl (C=O) groups excluding carboxylic acids is 1. The second-order valence-electron chi connectivity index (χ2n) is 4.62. The highest BCUT2D eigenvalue weighted by Crippen LogP contribution is 2.18. The van der Waals surface area contributed by atoms with Gasteiger partial charge in [0.15, 0.2) is 0 Å². The summed E-state index contributed by atoms with van der Waals surface area (Å²) in [7, 11) is 0. The zero-order valence-corrected chi connectivity index (χ0v) is 12.2. The maximum atomic E-state index is 12.0. The topological polar surface area (TPSA) is 51.2 Å². The molecule has 1 aromatic carbocycles. The third-order valence-electron chi connectivity index (χ3n) is 3.12. The Kier molecular flexibility index (Phi) is 5.91. The van der Waals surface area contributed by atoms with Gasteiger partial charge in [-0.05, 0) is 48.7 Å². The Labute approximate surface area is 125 Å². The number of rotatable bonds is 7. The van der Waals surface area contributed by atoms with E-state index in [9.17, 15) is 4.79 Å². The smallest absolute Gasteiger partial charge is 0.251 e. The predicted molar refractivity (Wildman–Crippen MR) is 83.1 cm³/mol. The van der Waals surface area contributed by atoms with Gasteiger partial charge in [-0.2, -0.15) is 0 Å². The first-order chi connectivity index (χ1) is 10.3. The van der Waals surface area contributed by atoms with Gasteiger partial charge in [0.2, 0.25) is 0 Å². The zero-order chi connectivity index (χ0) is 14.9. The van der Waals surface area contributed by atoms with Crippen LogP contribution in [0.2, 0.25) is 0 Å². The van der Waals surface area contributed by atoms with E-state index in [2.05, 4.69) is 10.3 Å². The Hall–Kier alpha value is -2.20. The summed E-state index contributed by atoms with van der Waals surface area (Å²) >= 11 is 0. The standard InChI is InChI=1S/C17H20N2O2/c1-2-21-13-3-10-19-17(20)16-6-4-14(5-7-16)15-8-11-18-12-9-15/h4-9,11-12H,2-3,10,13H2,1H3,(H,19,20). The fourth-order valence-corrected chi connectivity index (χ4v) is 1.98. The van der Waals surface area contributed by atoms with Crippen molar-refractivity contribution < 1.29 is 9.53 Å². The van der Waals surface area contributed by atoms with Crippen LogP contribution in [-0.4, -0.2) is 30.6 Å². The molecule has 0 atom stereocenters. The van der Waals surface area contributed by atoms with Gasteiger partial charge < -0.3 is 10.1 Å². The highest BCUT2D eigenvalue weighted by molar-refractivity contribution is 5.94. The molecule has 0 aliphatic rings. The fourth-order valence-electron chi connectivity index (χ4n) is 1.98. The number of carbonyl (C=O) groups is 1. The Morgan fingerprint density at radius 3 is 2.43 bits per heavy atom. The second-order valence-corrected chi connectivity index (χ2v) is 4.62. The lowest BCUT2D eigenvalue weighted by atomic mass is 10.1. The van der Waals surface area contributed by atoms with Gasteiger partial charge in [-0.15, -0.1) is 0 Å². The minimum Gasteiger partial charge on any atom is -0.382 e. The van der Waals surface area contributed by atoms with E-state index in [0.717, 1.165) is 17.5 Å². The van der Waals surface area contributed by atoms with Crippen LogP contribution < -0.4 is 5.32 Å². The quantitative estimate of drug-likeness (QED) is 0.795. The number of hydrogen-bond acceptors (Lipinski definition) is 3. The third-order valence-corrected chi connectivity index (χ3v) is 3.12. The molecule has 0 spiro atoms. The Bertz CT molecular complexity index is 553. The molecule has 0 fully saturated rings. The number of amides is 1. The summed E-state index contributed by atoms with van der Waals surface area (Å²) in [4.78, 5) is 16.0. The number of nitrogens with one attached hydrogen (secondary N) is 1. The van der Waals surface area contributed by atoms with Gasteiger partial charge in [0.1, 0.15) is 0 Å². The molecule has 110 valence electrons. The molecule has 0 saturated heterocycles. The van der Waals surface area contributed by atoms with Gasteiger partial charge in [-0.3, -0.25) is 9.78 Å². The van der Waals surface area contributed by atoms with Crippen molar-refractivity contribution >= 4 is 5.91 Å². The van der Waals surface area contributed by atoms with Crippen LogP contribution >= 0.6 is 0 Å². The maximum absolute atomic E-state index is 12.0. The third kappa shape index (κ3) is 4.68. The second kappa shape index (κ2) is 8.17. The average Bonchev–Trinajstić information content (AvgIpc) is 2.55. The molecule has 0 unspecified atom stereocenters. The number of aromatic nitrogens is 1. The van der Waals surface area contributed by atoms with Gasteiger partial charge in [-0.25, -0.2) is 0 Å². The summed E-state index contributed by atoms with van der Waals surface area (Å²) in [5.41, 5.74) is 2.84. The van der Waals surface area contributed by atoms with E-state index < -0.39 is 0 Å². The van der Waals surface area contributed by atoms with Crippen LogP contribution in [0.1, 0.15) is 23.7 Å². The molecular weight excluding hydrogens is 264 g/mol. The van der Waals surface area contributed by atoms with Crippen LogP contribution in [0.5, 0.6) is 0 Å². The van der Waals surface area contributed by atoms with Crippen molar-refractivity contribution in [3.8, 4) is 11.1 Å². The molecule has 1 amide bonds. The van der Waals surface area contributed by atoms with Gasteiger partial charge in [0, 0.05) is 37.7 Å². The first-order valence-electron chi connectivity index (χ1n) is 7.17. The minimum atomic E-state index is -0.0484. The molecule has 1 heterocycles. The van der Waals surface area contributed by atoms with Gasteiger partial charge in [0.25, 0.3) is 5.91 Å². The minimum absolute atomic E-state index is 0.0484. The molecule has 2 rings (SSSR count). The van der Waals surface area contributed by atoms with Crippen LogP contribution in [0.3, 0.4) is 0 Å². The molecule has 0 saturated carbocycles. The molecule has 0 radical (unpaired) electrons. The van der Waals surface area contributed by atoms with Crippen molar-refractivity contribution in [2.75, 3.05) is 19.8 Å². The summed E-state index contributed by atoms with van der Waals surface area (Å²) < 4.78 is 5.23. The molecule has 4 heteroatoms. The van der Waals surface area contributed by atoms with Crippen LogP contribution in [0.4, 0.5) is 0 Å². The largest absolute Gasteiger partial charge is 0.382 e. The van der Waals surface area contributed by atoms with Crippen molar-refractivity contribution in [1.82, 2.24) is 10.3 Å². The van der Waals surface area contributed by atoms with Crippen molar-refractivity contribution in [2.24, 2.45) is 0 Å². The van der Waals surface area contributed by atoms with Crippen LogP contribution in [-0.2, 0) is 4.74 Å². The van der Waals surface area contributed by atoms with Crippen molar-refractivity contribution in [1.29, 1.82) is 0 Å². The van der Waals surface area contributed by atoms with E-state index in [4.69, 9.17) is 4.74 Å². The maximum Gasteiger partial charge on any atom is 0.251 e. The summed E-state index contributed by atoms with van der Waals surface area (Å²) in [6.45, 7) is 3.98. The fraction of sp³-hybridized carbons (Fsp3) is 0.294. The summed E-state index contributed by atoms with van der Waals surface area (Å²) in [5, 5.41) is 2.89. The number of nitrogens with zero attached hydrogens (tertiary/aromatic N) is 1. The number of benzene rings is 1.